The van der Waals surface area contributed by atoms with Gasteiger partial charge in [0.1, 0.15) is 11.4 Å². The van der Waals surface area contributed by atoms with E-state index in [-0.39, 0.29) is 11.6 Å². The highest BCUT2D eigenvalue weighted by atomic mass is 32.3. The van der Waals surface area contributed by atoms with Crippen molar-refractivity contribution in [1.82, 2.24) is 10.2 Å². The molecule has 0 saturated carbocycles. The van der Waals surface area contributed by atoms with Gasteiger partial charge in [-0.3, -0.25) is 14.0 Å². The van der Waals surface area contributed by atoms with Gasteiger partial charge < -0.3 is 15.8 Å². The molecule has 2 heterocycles. The lowest BCUT2D eigenvalue weighted by molar-refractivity contribution is 0.0501. The van der Waals surface area contributed by atoms with Crippen LogP contribution in [-0.2, 0) is 16.8 Å². The molecule has 1 fully saturated rings. The Labute approximate surface area is 238 Å². The van der Waals surface area contributed by atoms with Crippen LogP contribution in [0.2, 0.25) is 0 Å². The number of nitrogen functional groups attached to an aromatic ring is 1. The number of fused-ring (bicyclic) bond motifs is 1. The summed E-state index contributed by atoms with van der Waals surface area (Å²) in [6.45, 7) is 11.8. The Morgan fingerprint density at radius 1 is 0.950 bits per heavy atom. The van der Waals surface area contributed by atoms with E-state index in [2.05, 4.69) is 98.6 Å². The molecule has 216 valence electrons. The molecule has 0 radical (unpaired) electrons. The average Bonchev–Trinajstić information content (AvgIpc) is 3.27. The minimum Gasteiger partial charge on any atom is -0.485 e. The summed E-state index contributed by atoms with van der Waals surface area (Å²) in [6, 6.07) is 22.4. The van der Waals surface area contributed by atoms with Gasteiger partial charge in [-0.05, 0) is 81.4 Å². The molecule has 3 aromatic rings. The van der Waals surface area contributed by atoms with E-state index in [1.807, 2.05) is 0 Å². The van der Waals surface area contributed by atoms with Crippen LogP contribution >= 0.6 is 0 Å². The molecule has 0 aromatic heterocycles. The van der Waals surface area contributed by atoms with Crippen molar-refractivity contribution in [2.45, 2.75) is 64.6 Å². The maximum Gasteiger partial charge on any atom is 0.394 e. The van der Waals surface area contributed by atoms with E-state index in [1.165, 1.54) is 27.8 Å². The zero-order chi connectivity index (χ0) is 29.1. The molecule has 9 heteroatoms. The number of nitrogens with one attached hydrogen (secondary N) is 1. The van der Waals surface area contributed by atoms with Gasteiger partial charge in [0, 0.05) is 30.3 Å². The van der Waals surface area contributed by atoms with Gasteiger partial charge in [0.2, 0.25) is 0 Å². The molecule has 5 rings (SSSR count). The first-order valence-corrected chi connectivity index (χ1v) is 15.1. The van der Waals surface area contributed by atoms with Crippen LogP contribution in [0.3, 0.4) is 0 Å². The van der Waals surface area contributed by atoms with Crippen LogP contribution in [0, 0.1) is 20.8 Å². The summed E-state index contributed by atoms with van der Waals surface area (Å²) in [5, 5.41) is 3.98. The Balaban J connectivity index is 0.000000681. The molecule has 0 amide bonds. The second-order valence-electron chi connectivity index (χ2n) is 11.2. The Morgan fingerprint density at radius 2 is 1.45 bits per heavy atom. The fourth-order valence-electron chi connectivity index (χ4n) is 5.95. The maximum atomic E-state index is 8.74. The van der Waals surface area contributed by atoms with E-state index >= 15 is 0 Å². The average molecular weight is 568 g/mol. The Morgan fingerprint density at radius 3 is 1.95 bits per heavy atom. The number of nitrogens with two attached hydrogens (primary N) is 1. The number of likely N-dealkylation sites (tertiary alicyclic amines) is 1. The largest absolute Gasteiger partial charge is 0.485 e. The molecule has 0 bridgehead atoms. The number of nitrogens with zero attached hydrogens (tertiary/aromatic N) is 1. The van der Waals surface area contributed by atoms with E-state index in [0.717, 1.165) is 55.9 Å². The molecule has 8 nitrogen and oxygen atoms in total. The number of ether oxygens (including phenoxy) is 1. The molecule has 1 unspecified atom stereocenters. The van der Waals surface area contributed by atoms with Crippen molar-refractivity contribution in [1.29, 1.82) is 0 Å². The van der Waals surface area contributed by atoms with E-state index in [1.54, 1.807) is 0 Å². The Bertz CT molecular complexity index is 1320. The first-order chi connectivity index (χ1) is 18.8. The summed E-state index contributed by atoms with van der Waals surface area (Å²) in [5.41, 5.74) is 14.6. The predicted octanol–water partition coefficient (Wildman–Crippen LogP) is 5.08. The minimum atomic E-state index is -4.67. The quantitative estimate of drug-likeness (QED) is 0.240. The molecule has 5 N–H and O–H groups in total. The third-order valence-corrected chi connectivity index (χ3v) is 8.15. The first-order valence-electron chi connectivity index (χ1n) is 13.7. The third kappa shape index (κ3) is 7.41. The molecule has 0 aliphatic carbocycles. The number of piperidine rings is 1. The van der Waals surface area contributed by atoms with Crippen LogP contribution in [0.5, 0.6) is 5.75 Å². The number of benzene rings is 3. The highest BCUT2D eigenvalue weighted by molar-refractivity contribution is 7.79. The van der Waals surface area contributed by atoms with Gasteiger partial charge in [-0.2, -0.15) is 8.42 Å². The van der Waals surface area contributed by atoms with Gasteiger partial charge in [0.15, 0.2) is 0 Å². The second kappa shape index (κ2) is 12.3. The van der Waals surface area contributed by atoms with E-state index in [0.29, 0.717) is 6.04 Å². The van der Waals surface area contributed by atoms with E-state index in [4.69, 9.17) is 28.0 Å². The van der Waals surface area contributed by atoms with Gasteiger partial charge >= 0.3 is 10.4 Å². The SMILES string of the molecule is Cc1c(C)c2c(c(C)c1N)CC(C)(CN1CCC(NC(c3ccccc3)c3ccccc3)CC1)O2.O=S(=O)(O)O. The normalized spacial score (nSPS) is 19.6. The van der Waals surface area contributed by atoms with Gasteiger partial charge in [-0.25, -0.2) is 0 Å². The number of hydrogen-bond acceptors (Lipinski definition) is 6. The van der Waals surface area contributed by atoms with Crippen molar-refractivity contribution >= 4 is 16.1 Å². The van der Waals surface area contributed by atoms with Crippen molar-refractivity contribution < 1.29 is 22.3 Å². The lowest BCUT2D eigenvalue weighted by Gasteiger charge is -2.38. The predicted molar refractivity (Wildman–Crippen MR) is 159 cm³/mol. The highest BCUT2D eigenvalue weighted by Gasteiger charge is 2.40. The topological polar surface area (TPSA) is 125 Å². The number of anilines is 1. The van der Waals surface area contributed by atoms with Crippen LogP contribution in [0.1, 0.15) is 59.2 Å². The van der Waals surface area contributed by atoms with Gasteiger partial charge in [0.05, 0.1) is 6.04 Å². The molecule has 1 atom stereocenters. The van der Waals surface area contributed by atoms with Crippen LogP contribution in [0.25, 0.3) is 0 Å². The Kier molecular flexibility index (Phi) is 9.22. The third-order valence-electron chi connectivity index (χ3n) is 8.15. The molecular formula is C31H41N3O5S. The van der Waals surface area contributed by atoms with Crippen molar-refractivity contribution in [2.75, 3.05) is 25.4 Å². The smallest absolute Gasteiger partial charge is 0.394 e. The van der Waals surface area contributed by atoms with Crippen molar-refractivity contribution in [3.63, 3.8) is 0 Å². The summed E-state index contributed by atoms with van der Waals surface area (Å²) in [6.07, 6.45) is 3.22. The zero-order valence-corrected chi connectivity index (χ0v) is 24.5. The molecule has 2 aliphatic rings. The van der Waals surface area contributed by atoms with Gasteiger partial charge in [-0.1, -0.05) is 60.7 Å². The standard InChI is InChI=1S/C31H39N3O.H2O4S/c1-21-22(2)30-27(23(3)28(21)32)19-31(4,35-30)20-34-17-15-26(16-18-34)33-29(24-11-7-5-8-12-24)25-13-9-6-10-14-25;1-5(2,3)4/h5-14,26,29,33H,15-20,32H2,1-4H3;(H2,1,2,3,4). The maximum absolute atomic E-state index is 8.74. The zero-order valence-electron chi connectivity index (χ0n) is 23.7. The van der Waals surface area contributed by atoms with E-state index in [9.17, 15) is 0 Å². The molecule has 2 aliphatic heterocycles. The van der Waals surface area contributed by atoms with Gasteiger partial charge in [0.25, 0.3) is 0 Å². The summed E-state index contributed by atoms with van der Waals surface area (Å²) in [4.78, 5) is 2.59. The van der Waals surface area contributed by atoms with Crippen LogP contribution < -0.4 is 15.8 Å². The van der Waals surface area contributed by atoms with Crippen molar-refractivity contribution in [2.24, 2.45) is 0 Å². The van der Waals surface area contributed by atoms with E-state index < -0.39 is 10.4 Å². The lowest BCUT2D eigenvalue weighted by atomic mass is 9.91. The fourth-order valence-corrected chi connectivity index (χ4v) is 5.95. The monoisotopic (exact) mass is 567 g/mol. The number of hydrogen-bond donors (Lipinski definition) is 4. The molecule has 0 spiro atoms. The van der Waals surface area contributed by atoms with Crippen LogP contribution in [0.4, 0.5) is 5.69 Å². The van der Waals surface area contributed by atoms with Crippen molar-refractivity contribution in [3.8, 4) is 5.75 Å². The molecule has 1 saturated heterocycles. The molecular weight excluding hydrogens is 526 g/mol. The highest BCUT2D eigenvalue weighted by Crippen LogP contribution is 2.44. The molecule has 3 aromatic carbocycles. The lowest BCUT2D eigenvalue weighted by Crippen LogP contribution is -2.50. The molecule has 40 heavy (non-hydrogen) atoms. The summed E-state index contributed by atoms with van der Waals surface area (Å²) in [5.74, 6) is 1.07. The fraction of sp³-hybridized carbons (Fsp3) is 0.419. The van der Waals surface area contributed by atoms with Crippen LogP contribution in [0.15, 0.2) is 60.7 Å². The Hall–Kier alpha value is -2.95. The first kappa shape index (κ1) is 30.0. The van der Waals surface area contributed by atoms with Crippen molar-refractivity contribution in [3.05, 3.63) is 94.0 Å². The van der Waals surface area contributed by atoms with Gasteiger partial charge in [-0.15, -0.1) is 0 Å². The van der Waals surface area contributed by atoms with Crippen LogP contribution in [-0.4, -0.2) is 53.7 Å². The summed E-state index contributed by atoms with van der Waals surface area (Å²) >= 11 is 0. The number of rotatable bonds is 6. The minimum absolute atomic E-state index is 0.199. The summed E-state index contributed by atoms with van der Waals surface area (Å²) < 4.78 is 38.2. The summed E-state index contributed by atoms with van der Waals surface area (Å²) in [7, 11) is -4.67. The second-order valence-corrected chi connectivity index (χ2v) is 12.1.